The first-order chi connectivity index (χ1) is 9.54. The summed E-state index contributed by atoms with van der Waals surface area (Å²) in [5, 5.41) is 16.5. The van der Waals surface area contributed by atoms with E-state index in [2.05, 4.69) is 13.8 Å². The minimum absolute atomic E-state index is 0. The van der Waals surface area contributed by atoms with Crippen LogP contribution >= 0.6 is 0 Å². The van der Waals surface area contributed by atoms with Crippen molar-refractivity contribution in [1.82, 2.24) is 0 Å². The van der Waals surface area contributed by atoms with Crippen LogP contribution in [0, 0.1) is 0 Å². The predicted molar refractivity (Wildman–Crippen MR) is 87.8 cm³/mol. The van der Waals surface area contributed by atoms with E-state index in [4.69, 9.17) is 10.2 Å². The van der Waals surface area contributed by atoms with Gasteiger partial charge in [-0.2, -0.15) is 0 Å². The van der Waals surface area contributed by atoms with Crippen molar-refractivity contribution in [1.29, 1.82) is 0 Å². The van der Waals surface area contributed by atoms with E-state index < -0.39 is 11.9 Å². The van der Waals surface area contributed by atoms with Crippen molar-refractivity contribution in [2.75, 3.05) is 0 Å². The van der Waals surface area contributed by atoms with Crippen LogP contribution in [-0.4, -0.2) is 45.8 Å². The molecule has 0 spiro atoms. The summed E-state index contributed by atoms with van der Waals surface area (Å²) in [5.41, 5.74) is 0. The topological polar surface area (TPSA) is 74.6 Å². The first-order valence-corrected chi connectivity index (χ1v) is 7.98. The molecule has 0 aliphatic heterocycles. The van der Waals surface area contributed by atoms with Crippen molar-refractivity contribution >= 4 is 35.6 Å². The van der Waals surface area contributed by atoms with Crippen LogP contribution in [0.3, 0.4) is 0 Å². The third-order valence-corrected chi connectivity index (χ3v) is 2.99. The molecule has 0 fully saturated rings. The molecule has 0 bridgehead atoms. The summed E-state index contributed by atoms with van der Waals surface area (Å²) in [6, 6.07) is 0. The number of aliphatic carboxylic acids is 2. The van der Waals surface area contributed by atoms with Crippen LogP contribution in [0.1, 0.15) is 90.9 Å². The van der Waals surface area contributed by atoms with Crippen LogP contribution in [0.25, 0.3) is 0 Å². The van der Waals surface area contributed by atoms with Gasteiger partial charge in [-0.05, 0) is 12.8 Å². The molecule has 0 amide bonds. The largest absolute Gasteiger partial charge is 0.481 e. The van der Waals surface area contributed by atoms with E-state index in [0.717, 1.165) is 25.7 Å². The molecule has 0 aliphatic rings. The van der Waals surface area contributed by atoms with E-state index in [1.807, 2.05) is 0 Å². The Morgan fingerprint density at radius 1 is 0.619 bits per heavy atom. The maximum atomic E-state index is 10.0. The van der Waals surface area contributed by atoms with Crippen LogP contribution in [0.4, 0.5) is 0 Å². The van der Waals surface area contributed by atoms with Gasteiger partial charge in [-0.25, -0.2) is 0 Å². The number of hydrogen-bond donors (Lipinski definition) is 2. The summed E-state index contributed by atoms with van der Waals surface area (Å²) in [4.78, 5) is 20.1. The first-order valence-electron chi connectivity index (χ1n) is 7.98. The normalized spacial score (nSPS) is 9.24. The SMILES string of the molecule is CCCCCCCC(=O)O.CCCCCCCC(=O)O.[Te]. The summed E-state index contributed by atoms with van der Waals surface area (Å²) in [6.07, 6.45) is 11.8. The van der Waals surface area contributed by atoms with Gasteiger partial charge in [0.25, 0.3) is 0 Å². The van der Waals surface area contributed by atoms with Gasteiger partial charge in [0, 0.05) is 36.5 Å². The molecule has 0 saturated carbocycles. The Kier molecular flexibility index (Phi) is 26.9. The molecule has 0 atom stereocenters. The third-order valence-electron chi connectivity index (χ3n) is 2.99. The summed E-state index contributed by atoms with van der Waals surface area (Å²) < 4.78 is 0. The summed E-state index contributed by atoms with van der Waals surface area (Å²) in [6.45, 7) is 4.30. The van der Waals surface area contributed by atoms with Crippen LogP contribution in [0.5, 0.6) is 0 Å². The number of unbranched alkanes of at least 4 members (excludes halogenated alkanes) is 8. The second-order valence-electron chi connectivity index (χ2n) is 5.12. The molecule has 0 aromatic carbocycles. The second kappa shape index (κ2) is 22.0. The number of hydrogen-bond acceptors (Lipinski definition) is 2. The fourth-order valence-electron chi connectivity index (χ4n) is 1.76. The number of rotatable bonds is 12. The molecule has 21 heavy (non-hydrogen) atoms. The van der Waals surface area contributed by atoms with E-state index in [1.165, 1.54) is 38.5 Å². The van der Waals surface area contributed by atoms with Crippen LogP contribution < -0.4 is 0 Å². The second-order valence-corrected chi connectivity index (χ2v) is 5.12. The van der Waals surface area contributed by atoms with Gasteiger partial charge < -0.3 is 10.2 Å². The molecule has 4 nitrogen and oxygen atoms in total. The molecule has 0 saturated heterocycles. The van der Waals surface area contributed by atoms with Crippen molar-refractivity contribution in [2.24, 2.45) is 0 Å². The fourth-order valence-corrected chi connectivity index (χ4v) is 1.76. The Morgan fingerprint density at radius 3 is 1.14 bits per heavy atom. The Balaban J connectivity index is -0.000000295. The van der Waals surface area contributed by atoms with Crippen molar-refractivity contribution in [3.05, 3.63) is 0 Å². The summed E-state index contributed by atoms with van der Waals surface area (Å²) in [7, 11) is 0. The smallest absolute Gasteiger partial charge is 0.303 e. The molecule has 0 aromatic heterocycles. The third kappa shape index (κ3) is 32.9. The molecule has 0 unspecified atom stereocenters. The van der Waals surface area contributed by atoms with E-state index >= 15 is 0 Å². The zero-order valence-corrected chi connectivity index (χ0v) is 15.9. The van der Waals surface area contributed by atoms with Crippen LogP contribution in [-0.2, 0) is 9.59 Å². The Hall–Kier alpha value is -0.270. The maximum Gasteiger partial charge on any atom is 0.303 e. The van der Waals surface area contributed by atoms with Crippen molar-refractivity contribution in [3.8, 4) is 0 Å². The average molecular weight is 416 g/mol. The molecule has 126 valence electrons. The molecule has 0 aromatic rings. The quantitative estimate of drug-likeness (QED) is 0.364. The molecule has 2 N–H and O–H groups in total. The van der Waals surface area contributed by atoms with Gasteiger partial charge in [-0.3, -0.25) is 9.59 Å². The monoisotopic (exact) mass is 418 g/mol. The van der Waals surface area contributed by atoms with E-state index in [1.54, 1.807) is 0 Å². The zero-order chi connectivity index (χ0) is 15.6. The zero-order valence-electron chi connectivity index (χ0n) is 13.6. The van der Waals surface area contributed by atoms with E-state index in [-0.39, 0.29) is 23.7 Å². The van der Waals surface area contributed by atoms with Crippen molar-refractivity contribution < 1.29 is 19.8 Å². The van der Waals surface area contributed by atoms with Crippen LogP contribution in [0.2, 0.25) is 0 Å². The Morgan fingerprint density at radius 2 is 0.905 bits per heavy atom. The van der Waals surface area contributed by atoms with Gasteiger partial charge in [0.05, 0.1) is 0 Å². The number of carbonyl (C=O) groups is 2. The van der Waals surface area contributed by atoms with E-state index in [9.17, 15) is 9.59 Å². The maximum absolute atomic E-state index is 10.0. The predicted octanol–water partition coefficient (Wildman–Crippen LogP) is 4.48. The molecule has 5 heteroatoms. The van der Waals surface area contributed by atoms with Crippen molar-refractivity contribution in [3.63, 3.8) is 0 Å². The Bertz CT molecular complexity index is 208. The van der Waals surface area contributed by atoms with Gasteiger partial charge >= 0.3 is 11.9 Å². The number of carboxylic acid groups (broad SMARTS) is 2. The standard InChI is InChI=1S/2C8H16O2.Te/c2*1-2-3-4-5-6-7-8(9)10;/h2*2-7H2,1H3,(H,9,10);. The van der Waals surface area contributed by atoms with Gasteiger partial charge in [0.2, 0.25) is 0 Å². The van der Waals surface area contributed by atoms with Gasteiger partial charge in [-0.15, -0.1) is 0 Å². The van der Waals surface area contributed by atoms with Gasteiger partial charge in [0.1, 0.15) is 0 Å². The molecular weight excluding hydrogens is 384 g/mol. The van der Waals surface area contributed by atoms with Gasteiger partial charge in [0.15, 0.2) is 0 Å². The van der Waals surface area contributed by atoms with Gasteiger partial charge in [-0.1, -0.05) is 65.2 Å². The van der Waals surface area contributed by atoms with Crippen LogP contribution in [0.15, 0.2) is 0 Å². The fraction of sp³-hybridized carbons (Fsp3) is 0.875. The number of carboxylic acids is 2. The van der Waals surface area contributed by atoms with E-state index in [0.29, 0.717) is 12.8 Å². The minimum atomic E-state index is -0.670. The summed E-state index contributed by atoms with van der Waals surface area (Å²) in [5.74, 6) is -1.34. The molecular formula is C16H32O4Te. The Labute approximate surface area is 146 Å². The molecule has 0 heterocycles. The molecule has 0 rings (SSSR count). The molecule has 0 aliphatic carbocycles. The average Bonchev–Trinajstić information content (AvgIpc) is 2.38. The molecule has 2 radical (unpaired) electrons. The summed E-state index contributed by atoms with van der Waals surface area (Å²) >= 11 is 0. The van der Waals surface area contributed by atoms with Crippen molar-refractivity contribution in [2.45, 2.75) is 90.9 Å². The first kappa shape index (κ1) is 25.7. The minimum Gasteiger partial charge on any atom is -0.481 e.